The molecule has 0 saturated carbocycles. The molecule has 0 bridgehead atoms. The zero-order valence-electron chi connectivity index (χ0n) is 9.75. The summed E-state index contributed by atoms with van der Waals surface area (Å²) in [5.74, 6) is 0.831. The number of likely N-dealkylation sites (tertiary alicyclic amines) is 1. The van der Waals surface area contributed by atoms with Crippen LogP contribution in [0.2, 0.25) is 0 Å². The first-order chi connectivity index (χ1) is 7.78. The first-order valence-electron chi connectivity index (χ1n) is 5.89. The molecule has 1 heterocycles. The second-order valence-electron chi connectivity index (χ2n) is 4.58. The van der Waals surface area contributed by atoms with E-state index in [2.05, 4.69) is 50.4 Å². The van der Waals surface area contributed by atoms with Crippen LogP contribution in [0.1, 0.15) is 12.0 Å². The Balaban J connectivity index is 1.87. The molecule has 0 radical (unpaired) electrons. The van der Waals surface area contributed by atoms with Gasteiger partial charge in [-0.25, -0.2) is 0 Å². The van der Waals surface area contributed by atoms with Crippen LogP contribution < -0.4 is 5.32 Å². The number of hydrogen-bond acceptors (Lipinski definition) is 2. The molecule has 1 unspecified atom stereocenters. The zero-order chi connectivity index (χ0) is 11.4. The predicted molar refractivity (Wildman–Crippen MR) is 71.5 cm³/mol. The fraction of sp³-hybridized carbons (Fsp3) is 0.538. The van der Waals surface area contributed by atoms with Crippen molar-refractivity contribution in [2.45, 2.75) is 13.0 Å². The summed E-state index contributed by atoms with van der Waals surface area (Å²) in [6.07, 6.45) is 1.33. The number of halogens is 1. The van der Waals surface area contributed by atoms with Gasteiger partial charge in [-0.15, -0.1) is 0 Å². The Hall–Kier alpha value is -0.380. The van der Waals surface area contributed by atoms with Crippen molar-refractivity contribution in [1.29, 1.82) is 0 Å². The highest BCUT2D eigenvalue weighted by molar-refractivity contribution is 9.10. The molecule has 0 aliphatic carbocycles. The molecule has 16 heavy (non-hydrogen) atoms. The number of nitrogens with one attached hydrogen (secondary N) is 1. The summed E-state index contributed by atoms with van der Waals surface area (Å²) < 4.78 is 1.18. The highest BCUT2D eigenvalue weighted by Crippen LogP contribution is 2.19. The van der Waals surface area contributed by atoms with Crippen LogP contribution in [0.4, 0.5) is 0 Å². The SMILES string of the molecule is CNCC1CCN(Cc2cccc(Br)c2)C1. The van der Waals surface area contributed by atoms with E-state index < -0.39 is 0 Å². The molecule has 1 fully saturated rings. The highest BCUT2D eigenvalue weighted by Gasteiger charge is 2.21. The zero-order valence-corrected chi connectivity index (χ0v) is 11.3. The van der Waals surface area contributed by atoms with Crippen LogP contribution in [0.3, 0.4) is 0 Å². The van der Waals surface area contributed by atoms with Crippen LogP contribution >= 0.6 is 15.9 Å². The molecular formula is C13H19BrN2. The molecule has 1 saturated heterocycles. The molecule has 0 amide bonds. The van der Waals surface area contributed by atoms with Gasteiger partial charge < -0.3 is 5.32 Å². The van der Waals surface area contributed by atoms with Crippen LogP contribution in [-0.4, -0.2) is 31.6 Å². The van der Waals surface area contributed by atoms with E-state index in [-0.39, 0.29) is 0 Å². The fourth-order valence-electron chi connectivity index (χ4n) is 2.41. The normalized spacial score (nSPS) is 21.5. The summed E-state index contributed by atoms with van der Waals surface area (Å²) in [7, 11) is 2.04. The van der Waals surface area contributed by atoms with E-state index in [4.69, 9.17) is 0 Å². The van der Waals surface area contributed by atoms with Crippen LogP contribution in [0.25, 0.3) is 0 Å². The molecule has 0 aromatic heterocycles. The minimum absolute atomic E-state index is 0.831. The maximum atomic E-state index is 3.52. The Morgan fingerprint density at radius 2 is 2.38 bits per heavy atom. The Morgan fingerprint density at radius 3 is 3.12 bits per heavy atom. The maximum absolute atomic E-state index is 3.52. The molecule has 0 spiro atoms. The van der Waals surface area contributed by atoms with Crippen molar-refractivity contribution in [3.05, 3.63) is 34.3 Å². The molecule has 88 valence electrons. The second-order valence-corrected chi connectivity index (χ2v) is 5.49. The van der Waals surface area contributed by atoms with Gasteiger partial charge in [0.25, 0.3) is 0 Å². The maximum Gasteiger partial charge on any atom is 0.0234 e. The predicted octanol–water partition coefficient (Wildman–Crippen LogP) is 2.49. The van der Waals surface area contributed by atoms with Gasteiger partial charge in [0.15, 0.2) is 0 Å². The van der Waals surface area contributed by atoms with E-state index in [0.717, 1.165) is 19.0 Å². The van der Waals surface area contributed by atoms with Gasteiger partial charge >= 0.3 is 0 Å². The van der Waals surface area contributed by atoms with E-state index in [0.29, 0.717) is 0 Å². The Bertz CT molecular complexity index is 340. The average molecular weight is 283 g/mol. The third-order valence-corrected chi connectivity index (χ3v) is 3.65. The Kier molecular flexibility index (Phi) is 4.38. The summed E-state index contributed by atoms with van der Waals surface area (Å²) in [5, 5.41) is 3.27. The second kappa shape index (κ2) is 5.80. The monoisotopic (exact) mass is 282 g/mol. The standard InChI is InChI=1S/C13H19BrN2/c1-15-8-12-5-6-16(10-12)9-11-3-2-4-13(14)7-11/h2-4,7,12,15H,5-6,8-10H2,1H3. The molecule has 1 aliphatic heterocycles. The lowest BCUT2D eigenvalue weighted by Gasteiger charge is -2.16. The largest absolute Gasteiger partial charge is 0.319 e. The number of rotatable bonds is 4. The highest BCUT2D eigenvalue weighted by atomic mass is 79.9. The Labute approximate surface area is 106 Å². The first kappa shape index (κ1) is 12.1. The van der Waals surface area contributed by atoms with Crippen molar-refractivity contribution in [2.75, 3.05) is 26.7 Å². The third-order valence-electron chi connectivity index (χ3n) is 3.16. The van der Waals surface area contributed by atoms with Gasteiger partial charge in [-0.3, -0.25) is 4.90 Å². The van der Waals surface area contributed by atoms with E-state index in [1.807, 2.05) is 7.05 Å². The molecule has 1 aromatic carbocycles. The summed E-state index contributed by atoms with van der Waals surface area (Å²) in [4.78, 5) is 2.55. The molecule has 1 N–H and O–H groups in total. The van der Waals surface area contributed by atoms with E-state index in [1.54, 1.807) is 0 Å². The van der Waals surface area contributed by atoms with Gasteiger partial charge in [-0.05, 0) is 50.2 Å². The lowest BCUT2D eigenvalue weighted by atomic mass is 10.1. The average Bonchev–Trinajstić information content (AvgIpc) is 2.66. The van der Waals surface area contributed by atoms with Crippen LogP contribution in [0.5, 0.6) is 0 Å². The quantitative estimate of drug-likeness (QED) is 0.913. The number of nitrogens with zero attached hydrogens (tertiary/aromatic N) is 1. The minimum atomic E-state index is 0.831. The topological polar surface area (TPSA) is 15.3 Å². The number of benzene rings is 1. The van der Waals surface area contributed by atoms with Gasteiger partial charge in [-0.1, -0.05) is 28.1 Å². The van der Waals surface area contributed by atoms with Crippen molar-refractivity contribution in [3.63, 3.8) is 0 Å². The molecule has 1 atom stereocenters. The summed E-state index contributed by atoms with van der Waals surface area (Å²) in [6.45, 7) is 4.70. The molecule has 1 aromatic rings. The van der Waals surface area contributed by atoms with Crippen molar-refractivity contribution >= 4 is 15.9 Å². The van der Waals surface area contributed by atoms with Gasteiger partial charge in [0.2, 0.25) is 0 Å². The van der Waals surface area contributed by atoms with Crippen molar-refractivity contribution < 1.29 is 0 Å². The summed E-state index contributed by atoms with van der Waals surface area (Å²) >= 11 is 3.52. The number of hydrogen-bond donors (Lipinski definition) is 1. The van der Waals surface area contributed by atoms with Crippen LogP contribution in [0, 0.1) is 5.92 Å². The third kappa shape index (κ3) is 3.30. The molecule has 2 nitrogen and oxygen atoms in total. The van der Waals surface area contributed by atoms with Crippen molar-refractivity contribution in [2.24, 2.45) is 5.92 Å². The van der Waals surface area contributed by atoms with Crippen molar-refractivity contribution in [1.82, 2.24) is 10.2 Å². The lowest BCUT2D eigenvalue weighted by Crippen LogP contribution is -2.24. The van der Waals surface area contributed by atoms with E-state index in [1.165, 1.54) is 29.5 Å². The molecule has 3 heteroatoms. The first-order valence-corrected chi connectivity index (χ1v) is 6.68. The van der Waals surface area contributed by atoms with Gasteiger partial charge in [0.05, 0.1) is 0 Å². The van der Waals surface area contributed by atoms with Crippen LogP contribution in [-0.2, 0) is 6.54 Å². The Morgan fingerprint density at radius 1 is 1.50 bits per heavy atom. The molecule has 1 aliphatic rings. The summed E-state index contributed by atoms with van der Waals surface area (Å²) in [6, 6.07) is 8.61. The van der Waals surface area contributed by atoms with E-state index >= 15 is 0 Å². The molecule has 2 rings (SSSR count). The molecular weight excluding hydrogens is 264 g/mol. The van der Waals surface area contributed by atoms with E-state index in [9.17, 15) is 0 Å². The van der Waals surface area contributed by atoms with Crippen molar-refractivity contribution in [3.8, 4) is 0 Å². The lowest BCUT2D eigenvalue weighted by molar-refractivity contribution is 0.315. The smallest absolute Gasteiger partial charge is 0.0234 e. The minimum Gasteiger partial charge on any atom is -0.319 e. The fourth-order valence-corrected chi connectivity index (χ4v) is 2.85. The van der Waals surface area contributed by atoms with Gasteiger partial charge in [-0.2, -0.15) is 0 Å². The summed E-state index contributed by atoms with van der Waals surface area (Å²) in [5.41, 5.74) is 1.40. The van der Waals surface area contributed by atoms with Gasteiger partial charge in [0, 0.05) is 17.6 Å². The van der Waals surface area contributed by atoms with Crippen LogP contribution in [0.15, 0.2) is 28.7 Å². The van der Waals surface area contributed by atoms with Gasteiger partial charge in [0.1, 0.15) is 0 Å².